The van der Waals surface area contributed by atoms with E-state index in [9.17, 15) is 14.4 Å². The number of fused-ring (bicyclic) bond motifs is 1. The third kappa shape index (κ3) is 4.75. The average Bonchev–Trinajstić information content (AvgIpc) is 2.98. The number of hydrogen-bond acceptors (Lipinski definition) is 7. The minimum Gasteiger partial charge on any atom is -0.491 e. The summed E-state index contributed by atoms with van der Waals surface area (Å²) in [6.45, 7) is 2.59. The molecular weight excluding hydrogens is 492 g/mol. The molecule has 6 rings (SSSR count). The molecule has 1 aliphatic rings. The van der Waals surface area contributed by atoms with Crippen LogP contribution in [0.1, 0.15) is 18.4 Å². The van der Waals surface area contributed by atoms with Gasteiger partial charge in [0.25, 0.3) is 16.4 Å². The number of benzene rings is 2. The van der Waals surface area contributed by atoms with Crippen LogP contribution >= 0.6 is 0 Å². The number of aromatic nitrogens is 2. The molecule has 8 nitrogen and oxygen atoms in total. The molecule has 2 N–H and O–H groups in total. The predicted molar refractivity (Wildman–Crippen MR) is 153 cm³/mol. The number of nitrogens with zero attached hydrogens (tertiary/aromatic N) is 2. The van der Waals surface area contributed by atoms with Crippen molar-refractivity contribution in [2.24, 2.45) is 0 Å². The Hall–Kier alpha value is -4.56. The monoisotopic (exact) mass is 520 g/mol. The lowest BCUT2D eigenvalue weighted by atomic mass is 9.97. The molecule has 0 aliphatic carbocycles. The van der Waals surface area contributed by atoms with Crippen LogP contribution < -0.4 is 26.5 Å². The van der Waals surface area contributed by atoms with Crippen molar-refractivity contribution in [3.8, 4) is 28.1 Å². The van der Waals surface area contributed by atoms with Gasteiger partial charge in [-0.15, -0.1) is 0 Å². The van der Waals surface area contributed by atoms with Gasteiger partial charge in [-0.25, -0.2) is 4.98 Å². The Morgan fingerprint density at radius 3 is 2.41 bits per heavy atom. The highest BCUT2D eigenvalue weighted by Gasteiger charge is 2.26. The number of nitrogens with one attached hydrogen (secondary N) is 2. The van der Waals surface area contributed by atoms with Gasteiger partial charge in [0.15, 0.2) is 5.75 Å². The van der Waals surface area contributed by atoms with Gasteiger partial charge in [-0.2, -0.15) is 0 Å². The average molecular weight is 521 g/mol. The Balaban J connectivity index is 1.18. The second-order valence-electron chi connectivity index (χ2n) is 9.95. The van der Waals surface area contributed by atoms with E-state index >= 15 is 0 Å². The molecule has 0 bridgehead atoms. The molecule has 0 saturated carbocycles. The van der Waals surface area contributed by atoms with Crippen molar-refractivity contribution < 1.29 is 4.74 Å². The number of piperidine rings is 1. The van der Waals surface area contributed by atoms with Crippen molar-refractivity contribution in [2.75, 3.05) is 25.5 Å². The number of hydrogen-bond donors (Lipinski definition) is 2. The lowest BCUT2D eigenvalue weighted by Crippen LogP contribution is -2.42. The van der Waals surface area contributed by atoms with E-state index in [4.69, 9.17) is 9.72 Å². The summed E-state index contributed by atoms with van der Waals surface area (Å²) >= 11 is 0. The fourth-order valence-corrected chi connectivity index (χ4v) is 5.33. The molecule has 1 aliphatic heterocycles. The zero-order valence-corrected chi connectivity index (χ0v) is 21.6. The number of likely N-dealkylation sites (tertiary alicyclic amines) is 1. The lowest BCUT2D eigenvalue weighted by Gasteiger charge is -2.33. The number of rotatable bonds is 7. The largest absolute Gasteiger partial charge is 0.491 e. The van der Waals surface area contributed by atoms with Crippen LogP contribution in [0.4, 0.5) is 5.69 Å². The zero-order valence-electron chi connectivity index (χ0n) is 21.6. The van der Waals surface area contributed by atoms with E-state index in [0.717, 1.165) is 54.9 Å². The van der Waals surface area contributed by atoms with E-state index in [0.29, 0.717) is 16.6 Å². The fourth-order valence-electron chi connectivity index (χ4n) is 5.33. The molecule has 0 atom stereocenters. The van der Waals surface area contributed by atoms with Crippen LogP contribution in [-0.4, -0.2) is 41.1 Å². The third-order valence-corrected chi connectivity index (χ3v) is 7.48. The highest BCUT2D eigenvalue weighted by molar-refractivity contribution is 5.91. The highest BCUT2D eigenvalue weighted by atomic mass is 16.5. The normalized spacial score (nSPS) is 14.6. The molecule has 196 valence electrons. The van der Waals surface area contributed by atoms with Gasteiger partial charge in [0.05, 0.1) is 23.7 Å². The van der Waals surface area contributed by atoms with Gasteiger partial charge in [0.1, 0.15) is 5.69 Å². The summed E-state index contributed by atoms with van der Waals surface area (Å²) in [4.78, 5) is 45.9. The molecule has 1 fully saturated rings. The molecule has 0 amide bonds. The Kier molecular flexibility index (Phi) is 6.54. The summed E-state index contributed by atoms with van der Waals surface area (Å²) in [6, 6.07) is 22.3. The van der Waals surface area contributed by atoms with E-state index in [2.05, 4.69) is 39.5 Å². The van der Waals surface area contributed by atoms with E-state index in [1.807, 2.05) is 42.5 Å². The second kappa shape index (κ2) is 10.3. The Morgan fingerprint density at radius 1 is 0.949 bits per heavy atom. The number of H-pyrrole nitrogens is 1. The van der Waals surface area contributed by atoms with Gasteiger partial charge < -0.3 is 15.0 Å². The van der Waals surface area contributed by atoms with Crippen LogP contribution in [0.15, 0.2) is 87.3 Å². The van der Waals surface area contributed by atoms with Crippen LogP contribution in [0.3, 0.4) is 0 Å². The van der Waals surface area contributed by atoms with Crippen molar-refractivity contribution in [2.45, 2.75) is 25.4 Å². The van der Waals surface area contributed by atoms with Gasteiger partial charge in [0.2, 0.25) is 0 Å². The molecule has 0 radical (unpaired) electrons. The summed E-state index contributed by atoms with van der Waals surface area (Å²) < 4.78 is 5.04. The van der Waals surface area contributed by atoms with Crippen LogP contribution in [0.2, 0.25) is 0 Å². The van der Waals surface area contributed by atoms with Crippen molar-refractivity contribution >= 4 is 16.6 Å². The lowest BCUT2D eigenvalue weighted by molar-refractivity contribution is 0.211. The molecule has 3 aromatic carbocycles. The summed E-state index contributed by atoms with van der Waals surface area (Å²) in [5.41, 5.74) is 4.74. The van der Waals surface area contributed by atoms with Gasteiger partial charge in [-0.3, -0.25) is 19.3 Å². The fraction of sp³-hybridized carbons (Fsp3) is 0.226. The van der Waals surface area contributed by atoms with E-state index in [1.165, 1.54) is 12.7 Å². The first-order valence-electron chi connectivity index (χ1n) is 13.0. The smallest absolute Gasteiger partial charge is 0.271 e. The molecule has 5 aromatic rings. The van der Waals surface area contributed by atoms with Gasteiger partial charge in [-0.05, 0) is 36.1 Å². The Morgan fingerprint density at radius 2 is 1.69 bits per heavy atom. The molecular formula is C31H28N4O4. The molecule has 39 heavy (non-hydrogen) atoms. The zero-order chi connectivity index (χ0) is 26.9. The molecule has 1 saturated heterocycles. The third-order valence-electron chi connectivity index (χ3n) is 7.48. The quantitative estimate of drug-likeness (QED) is 0.313. The molecule has 2 aromatic heterocycles. The highest BCUT2D eigenvalue weighted by Crippen LogP contribution is 2.33. The van der Waals surface area contributed by atoms with Crippen molar-refractivity contribution in [3.05, 3.63) is 109 Å². The summed E-state index contributed by atoms with van der Waals surface area (Å²) in [6.07, 6.45) is 3.38. The minimum atomic E-state index is -0.552. The van der Waals surface area contributed by atoms with Crippen LogP contribution in [0.25, 0.3) is 33.3 Å². The maximum Gasteiger partial charge on any atom is 0.271 e. The topological polar surface area (TPSA) is 104 Å². The van der Waals surface area contributed by atoms with E-state index < -0.39 is 10.9 Å². The Bertz CT molecular complexity index is 1760. The maximum absolute atomic E-state index is 12.5. The number of anilines is 1. The predicted octanol–water partition coefficient (Wildman–Crippen LogP) is 3.94. The SMILES string of the molecule is COc1c(NC2CCN(Cc3ccc(-c4nc5cc[nH]c(=O)c5cc4-c4ccccc4)cc3)CC2)c(=O)c1=O. The Labute approximate surface area is 224 Å². The molecule has 3 heterocycles. The van der Waals surface area contributed by atoms with Crippen LogP contribution in [-0.2, 0) is 6.54 Å². The maximum atomic E-state index is 12.5. The number of aromatic amines is 1. The van der Waals surface area contributed by atoms with E-state index in [-0.39, 0.29) is 17.4 Å². The number of pyridine rings is 2. The van der Waals surface area contributed by atoms with E-state index in [1.54, 1.807) is 6.20 Å². The minimum absolute atomic E-state index is 0.142. The van der Waals surface area contributed by atoms with Gasteiger partial charge in [0, 0.05) is 43.0 Å². The first-order valence-corrected chi connectivity index (χ1v) is 13.0. The van der Waals surface area contributed by atoms with Crippen LogP contribution in [0, 0.1) is 0 Å². The van der Waals surface area contributed by atoms with Crippen molar-refractivity contribution in [1.29, 1.82) is 0 Å². The van der Waals surface area contributed by atoms with Crippen molar-refractivity contribution in [3.63, 3.8) is 0 Å². The first-order chi connectivity index (χ1) is 19.0. The van der Waals surface area contributed by atoms with Gasteiger partial charge in [-0.1, -0.05) is 54.6 Å². The molecule has 0 spiro atoms. The summed E-state index contributed by atoms with van der Waals surface area (Å²) in [5.74, 6) is 0.144. The van der Waals surface area contributed by atoms with Gasteiger partial charge >= 0.3 is 0 Å². The number of ether oxygens (including phenoxy) is 1. The molecule has 8 heteroatoms. The number of methoxy groups -OCH3 is 1. The molecule has 0 unspecified atom stereocenters. The van der Waals surface area contributed by atoms with Crippen LogP contribution in [0.5, 0.6) is 5.75 Å². The van der Waals surface area contributed by atoms with Crippen molar-refractivity contribution in [1.82, 2.24) is 14.9 Å². The summed E-state index contributed by atoms with van der Waals surface area (Å²) in [7, 11) is 1.41. The standard InChI is InChI=1S/C31H28N4O4/c1-39-30-27(28(36)29(30)37)33-22-12-15-35(16-13-22)18-19-7-9-21(10-8-19)26-23(20-5-3-2-4-6-20)17-24-25(34-26)11-14-32-31(24)38/h2-11,14,17,22,33H,12-13,15-16,18H2,1H3,(H,32,38). The second-order valence-corrected chi connectivity index (χ2v) is 9.95. The first kappa shape index (κ1) is 24.8. The summed E-state index contributed by atoms with van der Waals surface area (Å²) in [5, 5.41) is 3.78.